The highest BCUT2D eigenvalue weighted by atomic mass is 16.5. The van der Waals surface area contributed by atoms with Crippen LogP contribution in [0.3, 0.4) is 0 Å². The number of hydrogen-bond donors (Lipinski definition) is 1. The average molecular weight is 423 g/mol. The van der Waals surface area contributed by atoms with Gasteiger partial charge in [0.2, 0.25) is 0 Å². The number of rotatable bonds is 5. The second-order valence-electron chi connectivity index (χ2n) is 7.76. The third kappa shape index (κ3) is 4.33. The van der Waals surface area contributed by atoms with E-state index in [1.807, 2.05) is 44.2 Å². The minimum atomic E-state index is -0.710. The van der Waals surface area contributed by atoms with Crippen LogP contribution in [0.1, 0.15) is 35.8 Å². The minimum Gasteiger partial charge on any atom is -0.491 e. The number of benzene rings is 2. The number of amides is 1. The van der Waals surface area contributed by atoms with E-state index in [1.54, 1.807) is 29.2 Å². The van der Waals surface area contributed by atoms with Crippen molar-refractivity contribution in [2.24, 2.45) is 0 Å². The van der Waals surface area contributed by atoms with Gasteiger partial charge in [-0.25, -0.2) is 4.79 Å². The molecule has 2 heterocycles. The van der Waals surface area contributed by atoms with Crippen LogP contribution in [0.5, 0.6) is 5.75 Å². The van der Waals surface area contributed by atoms with E-state index in [0.29, 0.717) is 23.3 Å². The van der Waals surface area contributed by atoms with Crippen molar-refractivity contribution in [2.75, 3.05) is 19.8 Å². The van der Waals surface area contributed by atoms with E-state index in [0.717, 1.165) is 5.56 Å². The lowest BCUT2D eigenvalue weighted by molar-refractivity contribution is -0.0812. The molecule has 0 bridgehead atoms. The molecule has 0 aliphatic carbocycles. The number of carbonyl (C=O) groups is 1. The molecule has 1 aromatic heterocycles. The molecular formula is C24H25NO6. The number of hydrogen-bond acceptors (Lipinski definition) is 6. The Balaban J connectivity index is 1.71. The van der Waals surface area contributed by atoms with Crippen LogP contribution in [-0.2, 0) is 4.74 Å². The summed E-state index contributed by atoms with van der Waals surface area (Å²) < 4.78 is 16.8. The lowest BCUT2D eigenvalue weighted by Gasteiger charge is -2.40. The van der Waals surface area contributed by atoms with E-state index in [-0.39, 0.29) is 24.9 Å². The van der Waals surface area contributed by atoms with Gasteiger partial charge >= 0.3 is 5.63 Å². The molecule has 1 aliphatic heterocycles. The number of ether oxygens (including phenoxy) is 2. The van der Waals surface area contributed by atoms with Crippen molar-refractivity contribution in [3.8, 4) is 5.75 Å². The van der Waals surface area contributed by atoms with Crippen molar-refractivity contribution in [1.82, 2.24) is 4.90 Å². The Bertz CT molecular complexity index is 1120. The van der Waals surface area contributed by atoms with Gasteiger partial charge in [-0.3, -0.25) is 4.79 Å². The molecule has 7 nitrogen and oxygen atoms in total. The van der Waals surface area contributed by atoms with Gasteiger partial charge in [0.15, 0.2) is 0 Å². The van der Waals surface area contributed by atoms with Crippen LogP contribution in [0, 0.1) is 0 Å². The summed E-state index contributed by atoms with van der Waals surface area (Å²) in [6.45, 7) is 4.15. The Hall–Kier alpha value is -3.16. The standard InChI is InChI=1S/C24H25NO6/c1-15(2)30-18-9-8-17-12-19(24(28)31-20(17)13-18)23(27)25-10-11-29-21(14-26)22(25)16-6-4-3-5-7-16/h3-9,12-13,15,21-22,26H,10-11,14H2,1-2H3/t21-,22-/m0/s1. The van der Waals surface area contributed by atoms with Crippen LogP contribution in [-0.4, -0.2) is 47.9 Å². The first kappa shape index (κ1) is 21.1. The summed E-state index contributed by atoms with van der Waals surface area (Å²) in [4.78, 5) is 27.7. The fourth-order valence-corrected chi connectivity index (χ4v) is 3.90. The second kappa shape index (κ2) is 8.91. The average Bonchev–Trinajstić information content (AvgIpc) is 2.77. The molecular weight excluding hydrogens is 398 g/mol. The molecule has 2 aromatic carbocycles. The zero-order valence-electron chi connectivity index (χ0n) is 17.5. The second-order valence-corrected chi connectivity index (χ2v) is 7.76. The molecule has 162 valence electrons. The Labute approximate surface area is 179 Å². The summed E-state index contributed by atoms with van der Waals surface area (Å²) in [7, 11) is 0. The van der Waals surface area contributed by atoms with Gasteiger partial charge < -0.3 is 23.9 Å². The summed E-state index contributed by atoms with van der Waals surface area (Å²) in [5, 5.41) is 10.4. The summed E-state index contributed by atoms with van der Waals surface area (Å²) in [6.07, 6.45) is -0.593. The van der Waals surface area contributed by atoms with E-state index < -0.39 is 23.7 Å². The van der Waals surface area contributed by atoms with Gasteiger partial charge in [-0.15, -0.1) is 0 Å². The van der Waals surface area contributed by atoms with Crippen LogP contribution in [0.15, 0.2) is 63.8 Å². The third-order valence-corrected chi connectivity index (χ3v) is 5.24. The minimum absolute atomic E-state index is 0.0132. The van der Waals surface area contributed by atoms with Crippen LogP contribution in [0.4, 0.5) is 0 Å². The van der Waals surface area contributed by atoms with Crippen molar-refractivity contribution in [1.29, 1.82) is 0 Å². The summed E-state index contributed by atoms with van der Waals surface area (Å²) in [6, 6.07) is 15.6. The number of nitrogens with zero attached hydrogens (tertiary/aromatic N) is 1. The van der Waals surface area contributed by atoms with Gasteiger partial charge in [0.25, 0.3) is 5.91 Å². The number of fused-ring (bicyclic) bond motifs is 1. The molecule has 1 saturated heterocycles. The zero-order valence-corrected chi connectivity index (χ0v) is 17.5. The fraction of sp³-hybridized carbons (Fsp3) is 0.333. The first-order chi connectivity index (χ1) is 15.0. The molecule has 0 saturated carbocycles. The lowest BCUT2D eigenvalue weighted by atomic mass is 9.97. The Morgan fingerprint density at radius 2 is 1.97 bits per heavy atom. The Morgan fingerprint density at radius 1 is 1.19 bits per heavy atom. The van der Waals surface area contributed by atoms with E-state index in [2.05, 4.69) is 0 Å². The van der Waals surface area contributed by atoms with Crippen LogP contribution < -0.4 is 10.4 Å². The fourth-order valence-electron chi connectivity index (χ4n) is 3.90. The molecule has 3 aromatic rings. The number of morpholine rings is 1. The van der Waals surface area contributed by atoms with Gasteiger partial charge in [-0.2, -0.15) is 0 Å². The number of aliphatic hydroxyl groups is 1. The van der Waals surface area contributed by atoms with Crippen molar-refractivity contribution >= 4 is 16.9 Å². The molecule has 0 radical (unpaired) electrons. The molecule has 0 unspecified atom stereocenters. The molecule has 4 rings (SSSR count). The highest BCUT2D eigenvalue weighted by Gasteiger charge is 2.37. The van der Waals surface area contributed by atoms with Crippen molar-refractivity contribution in [2.45, 2.75) is 32.1 Å². The van der Waals surface area contributed by atoms with Gasteiger partial charge in [0.1, 0.15) is 23.0 Å². The molecule has 1 fully saturated rings. The Morgan fingerprint density at radius 3 is 2.68 bits per heavy atom. The molecule has 7 heteroatoms. The van der Waals surface area contributed by atoms with Crippen molar-refractivity contribution in [3.63, 3.8) is 0 Å². The predicted molar refractivity (Wildman–Crippen MR) is 115 cm³/mol. The SMILES string of the molecule is CC(C)Oc1ccc2cc(C(=O)N3CCO[C@@H](CO)[C@@H]3c3ccccc3)c(=O)oc2c1. The molecule has 1 amide bonds. The molecule has 2 atom stereocenters. The summed E-state index contributed by atoms with van der Waals surface area (Å²) >= 11 is 0. The monoisotopic (exact) mass is 423 g/mol. The van der Waals surface area contributed by atoms with Crippen LogP contribution in [0.2, 0.25) is 0 Å². The smallest absolute Gasteiger partial charge is 0.349 e. The number of carbonyl (C=O) groups excluding carboxylic acids is 1. The summed E-state index contributed by atoms with van der Waals surface area (Å²) in [5.41, 5.74) is 0.423. The van der Waals surface area contributed by atoms with E-state index in [4.69, 9.17) is 13.9 Å². The van der Waals surface area contributed by atoms with Crippen LogP contribution in [0.25, 0.3) is 11.0 Å². The van der Waals surface area contributed by atoms with Gasteiger partial charge in [-0.05, 0) is 37.6 Å². The predicted octanol–water partition coefficient (Wildman–Crippen LogP) is 3.15. The van der Waals surface area contributed by atoms with Crippen molar-refractivity contribution < 1.29 is 23.8 Å². The number of aliphatic hydroxyl groups excluding tert-OH is 1. The Kier molecular flexibility index (Phi) is 6.06. The molecule has 31 heavy (non-hydrogen) atoms. The van der Waals surface area contributed by atoms with Crippen LogP contribution >= 0.6 is 0 Å². The van der Waals surface area contributed by atoms with E-state index in [9.17, 15) is 14.7 Å². The highest BCUT2D eigenvalue weighted by molar-refractivity contribution is 5.97. The topological polar surface area (TPSA) is 89.2 Å². The largest absolute Gasteiger partial charge is 0.491 e. The van der Waals surface area contributed by atoms with E-state index >= 15 is 0 Å². The molecule has 1 N–H and O–H groups in total. The maximum Gasteiger partial charge on any atom is 0.349 e. The third-order valence-electron chi connectivity index (χ3n) is 5.24. The highest BCUT2D eigenvalue weighted by Crippen LogP contribution is 2.31. The molecule has 0 spiro atoms. The van der Waals surface area contributed by atoms with Gasteiger partial charge in [0, 0.05) is 18.0 Å². The first-order valence-corrected chi connectivity index (χ1v) is 10.3. The zero-order chi connectivity index (χ0) is 22.0. The maximum absolute atomic E-state index is 13.4. The van der Waals surface area contributed by atoms with Gasteiger partial charge in [0.05, 0.1) is 25.4 Å². The normalized spacial score (nSPS) is 19.0. The van der Waals surface area contributed by atoms with Gasteiger partial charge in [-0.1, -0.05) is 30.3 Å². The van der Waals surface area contributed by atoms with Crippen molar-refractivity contribution in [3.05, 3.63) is 76.1 Å². The molecule has 1 aliphatic rings. The maximum atomic E-state index is 13.4. The quantitative estimate of drug-likeness (QED) is 0.634. The summed E-state index contributed by atoms with van der Waals surface area (Å²) in [5.74, 6) is 0.140. The van der Waals surface area contributed by atoms with E-state index in [1.165, 1.54) is 0 Å². The lowest BCUT2D eigenvalue weighted by Crippen LogP contribution is -2.50. The first-order valence-electron chi connectivity index (χ1n) is 10.3.